The fourth-order valence-corrected chi connectivity index (χ4v) is 2.39. The van der Waals surface area contributed by atoms with Crippen LogP contribution in [0.3, 0.4) is 0 Å². The summed E-state index contributed by atoms with van der Waals surface area (Å²) in [5, 5.41) is 9.01. The van der Waals surface area contributed by atoms with Crippen LogP contribution in [0.5, 0.6) is 17.2 Å². The van der Waals surface area contributed by atoms with Crippen molar-refractivity contribution >= 4 is 17.6 Å². The predicted octanol–water partition coefficient (Wildman–Crippen LogP) is 3.48. The van der Waals surface area contributed by atoms with Crippen LogP contribution in [0.1, 0.15) is 17.5 Å². The van der Waals surface area contributed by atoms with E-state index >= 15 is 0 Å². The molecule has 0 N–H and O–H groups in total. The van der Waals surface area contributed by atoms with Crippen LogP contribution in [0, 0.1) is 11.3 Å². The van der Waals surface area contributed by atoms with E-state index in [0.29, 0.717) is 23.5 Å². The van der Waals surface area contributed by atoms with Gasteiger partial charge in [0.1, 0.15) is 5.75 Å². The van der Waals surface area contributed by atoms with Crippen molar-refractivity contribution in [3.05, 3.63) is 52.5 Å². The van der Waals surface area contributed by atoms with Crippen LogP contribution in [-0.2, 0) is 11.2 Å². The normalized spacial score (nSPS) is 11.8. The van der Waals surface area contributed by atoms with Crippen LogP contribution in [0.25, 0.3) is 0 Å². The number of esters is 1. The summed E-state index contributed by atoms with van der Waals surface area (Å²) < 4.78 is 15.8. The molecule has 0 spiro atoms. The lowest BCUT2D eigenvalue weighted by Gasteiger charge is -2.07. The molecule has 0 unspecified atom stereocenters. The van der Waals surface area contributed by atoms with Gasteiger partial charge in [-0.05, 0) is 42.3 Å². The van der Waals surface area contributed by atoms with E-state index in [1.807, 2.05) is 24.3 Å². The van der Waals surface area contributed by atoms with Crippen molar-refractivity contribution < 1.29 is 19.0 Å². The maximum atomic E-state index is 11.9. The van der Waals surface area contributed by atoms with Crippen molar-refractivity contribution in [2.45, 2.75) is 12.8 Å². The number of carbonyl (C=O) groups is 1. The molecule has 0 saturated carbocycles. The number of carbonyl (C=O) groups excluding carboxylic acids is 1. The smallest absolute Gasteiger partial charge is 0.311 e. The molecule has 6 heteroatoms. The number of hydrogen-bond donors (Lipinski definition) is 0. The molecule has 1 heterocycles. The fraction of sp³-hybridized carbons (Fsp3) is 0.176. The molecule has 116 valence electrons. The Morgan fingerprint density at radius 2 is 2.04 bits per heavy atom. The molecule has 2 aromatic rings. The Hall–Kier alpha value is -2.71. The summed E-state index contributed by atoms with van der Waals surface area (Å²) in [5.41, 5.74) is 1.37. The first kappa shape index (κ1) is 15.2. The molecule has 3 rings (SSSR count). The first-order chi connectivity index (χ1) is 11.2. The SMILES string of the molecule is N#Cc1ccc(OC(=O)CCc2ccc3c(c2)OCO3)c(Cl)c1. The summed E-state index contributed by atoms with van der Waals surface area (Å²) >= 11 is 5.97. The Kier molecular flexibility index (Phi) is 4.35. The maximum absolute atomic E-state index is 11.9. The summed E-state index contributed by atoms with van der Waals surface area (Å²) in [6.45, 7) is 0.220. The highest BCUT2D eigenvalue weighted by Crippen LogP contribution is 2.33. The van der Waals surface area contributed by atoms with Gasteiger partial charge in [-0.15, -0.1) is 0 Å². The Bertz CT molecular complexity index is 798. The number of rotatable bonds is 4. The van der Waals surface area contributed by atoms with E-state index in [4.69, 9.17) is 31.1 Å². The number of hydrogen-bond acceptors (Lipinski definition) is 5. The minimum Gasteiger partial charge on any atom is -0.454 e. The quantitative estimate of drug-likeness (QED) is 0.634. The third-order valence-corrected chi connectivity index (χ3v) is 3.63. The minimum atomic E-state index is -0.394. The molecular formula is C17H12ClNO4. The van der Waals surface area contributed by atoms with E-state index in [0.717, 1.165) is 5.56 Å². The molecule has 0 bridgehead atoms. The molecule has 2 aromatic carbocycles. The van der Waals surface area contributed by atoms with Crippen molar-refractivity contribution in [1.82, 2.24) is 0 Å². The van der Waals surface area contributed by atoms with Gasteiger partial charge in [0.05, 0.1) is 16.7 Å². The average Bonchev–Trinajstić information content (AvgIpc) is 3.02. The van der Waals surface area contributed by atoms with Crippen molar-refractivity contribution in [2.75, 3.05) is 6.79 Å². The van der Waals surface area contributed by atoms with Gasteiger partial charge in [0.2, 0.25) is 6.79 Å². The zero-order valence-electron chi connectivity index (χ0n) is 12.0. The van der Waals surface area contributed by atoms with E-state index in [1.54, 1.807) is 6.07 Å². The van der Waals surface area contributed by atoms with Gasteiger partial charge in [-0.2, -0.15) is 5.26 Å². The summed E-state index contributed by atoms with van der Waals surface area (Å²) in [7, 11) is 0. The zero-order chi connectivity index (χ0) is 16.2. The number of nitrogens with zero attached hydrogens (tertiary/aromatic N) is 1. The molecular weight excluding hydrogens is 318 g/mol. The highest BCUT2D eigenvalue weighted by Gasteiger charge is 2.14. The van der Waals surface area contributed by atoms with E-state index in [1.165, 1.54) is 12.1 Å². The van der Waals surface area contributed by atoms with Gasteiger partial charge in [-0.3, -0.25) is 4.79 Å². The highest BCUT2D eigenvalue weighted by molar-refractivity contribution is 6.32. The molecule has 1 aliphatic rings. The fourth-order valence-electron chi connectivity index (χ4n) is 2.17. The number of aryl methyl sites for hydroxylation is 1. The second-order valence-corrected chi connectivity index (χ2v) is 5.33. The molecule has 1 aliphatic heterocycles. The Balaban J connectivity index is 1.59. The first-order valence-electron chi connectivity index (χ1n) is 6.94. The number of fused-ring (bicyclic) bond motifs is 1. The third-order valence-electron chi connectivity index (χ3n) is 3.34. The Labute approximate surface area is 138 Å². The van der Waals surface area contributed by atoms with Gasteiger partial charge >= 0.3 is 5.97 Å². The lowest BCUT2D eigenvalue weighted by molar-refractivity contribution is -0.134. The molecule has 0 fully saturated rings. The van der Waals surface area contributed by atoms with E-state index in [-0.39, 0.29) is 24.0 Å². The second-order valence-electron chi connectivity index (χ2n) is 4.92. The maximum Gasteiger partial charge on any atom is 0.311 e. The van der Waals surface area contributed by atoms with E-state index in [2.05, 4.69) is 0 Å². The zero-order valence-corrected chi connectivity index (χ0v) is 12.8. The lowest BCUT2D eigenvalue weighted by Crippen LogP contribution is -2.09. The van der Waals surface area contributed by atoms with Crippen LogP contribution >= 0.6 is 11.6 Å². The predicted molar refractivity (Wildman–Crippen MR) is 82.7 cm³/mol. The highest BCUT2D eigenvalue weighted by atomic mass is 35.5. The molecule has 0 saturated heterocycles. The van der Waals surface area contributed by atoms with Crippen LogP contribution in [0.15, 0.2) is 36.4 Å². The molecule has 0 amide bonds. The van der Waals surface area contributed by atoms with Crippen molar-refractivity contribution in [1.29, 1.82) is 5.26 Å². The third kappa shape index (κ3) is 3.55. The van der Waals surface area contributed by atoms with Gasteiger partial charge in [-0.25, -0.2) is 0 Å². The average molecular weight is 330 g/mol. The number of nitriles is 1. The molecule has 0 aromatic heterocycles. The minimum absolute atomic E-state index is 0.204. The molecule has 0 aliphatic carbocycles. The van der Waals surface area contributed by atoms with Gasteiger partial charge < -0.3 is 14.2 Å². The van der Waals surface area contributed by atoms with Gasteiger partial charge in [0.25, 0.3) is 0 Å². The summed E-state index contributed by atoms with van der Waals surface area (Å²) in [6, 6.07) is 12.0. The van der Waals surface area contributed by atoms with Crippen molar-refractivity contribution in [3.8, 4) is 23.3 Å². The van der Waals surface area contributed by atoms with E-state index < -0.39 is 5.97 Å². The van der Waals surface area contributed by atoms with Gasteiger partial charge in [0.15, 0.2) is 11.5 Å². The monoisotopic (exact) mass is 329 g/mol. The number of ether oxygens (including phenoxy) is 3. The summed E-state index contributed by atoms with van der Waals surface area (Å²) in [5.74, 6) is 1.25. The van der Waals surface area contributed by atoms with Crippen molar-refractivity contribution in [2.24, 2.45) is 0 Å². The second kappa shape index (κ2) is 6.59. The Morgan fingerprint density at radius 1 is 1.22 bits per heavy atom. The van der Waals surface area contributed by atoms with Crippen LogP contribution in [0.4, 0.5) is 0 Å². The van der Waals surface area contributed by atoms with Crippen LogP contribution < -0.4 is 14.2 Å². The summed E-state index contributed by atoms with van der Waals surface area (Å²) in [4.78, 5) is 11.9. The number of benzene rings is 2. The molecule has 0 atom stereocenters. The van der Waals surface area contributed by atoms with Crippen molar-refractivity contribution in [3.63, 3.8) is 0 Å². The topological polar surface area (TPSA) is 68.5 Å². The van der Waals surface area contributed by atoms with Crippen LogP contribution in [0.2, 0.25) is 5.02 Å². The first-order valence-corrected chi connectivity index (χ1v) is 7.32. The molecule has 5 nitrogen and oxygen atoms in total. The van der Waals surface area contributed by atoms with Crippen LogP contribution in [-0.4, -0.2) is 12.8 Å². The largest absolute Gasteiger partial charge is 0.454 e. The van der Waals surface area contributed by atoms with Gasteiger partial charge in [-0.1, -0.05) is 17.7 Å². The molecule has 23 heavy (non-hydrogen) atoms. The van der Waals surface area contributed by atoms with Gasteiger partial charge in [0, 0.05) is 6.42 Å². The van der Waals surface area contributed by atoms with E-state index in [9.17, 15) is 4.79 Å². The molecule has 0 radical (unpaired) electrons. The standard InChI is InChI=1S/C17H12ClNO4/c18-13-7-12(9-19)2-4-14(13)23-17(20)6-3-11-1-5-15-16(8-11)22-10-21-15/h1-2,4-5,7-8H,3,6,10H2. The summed E-state index contributed by atoms with van der Waals surface area (Å²) in [6.07, 6.45) is 0.722. The lowest BCUT2D eigenvalue weighted by atomic mass is 10.1. The Morgan fingerprint density at radius 3 is 2.83 bits per heavy atom. The number of halogens is 1.